The highest BCUT2D eigenvalue weighted by molar-refractivity contribution is 7.59. The van der Waals surface area contributed by atoms with Gasteiger partial charge in [0.2, 0.25) is 5.91 Å². The molecule has 0 radical (unpaired) electrons. The van der Waals surface area contributed by atoms with Crippen molar-refractivity contribution in [3.63, 3.8) is 0 Å². The number of benzene rings is 2. The number of carbonyl (C=O) groups excluding carboxylic acids is 1. The van der Waals surface area contributed by atoms with E-state index in [9.17, 15) is 22.4 Å². The molecule has 2 aromatic carbocycles. The summed E-state index contributed by atoms with van der Waals surface area (Å²) in [6.07, 6.45) is -0.0957. The van der Waals surface area contributed by atoms with Gasteiger partial charge in [0.05, 0.1) is 6.04 Å². The molecule has 0 unspecified atom stereocenters. The number of amides is 1. The van der Waals surface area contributed by atoms with Crippen LogP contribution in [-0.4, -0.2) is 19.0 Å². The molecule has 3 nitrogen and oxygen atoms in total. The molecule has 0 saturated heterocycles. The molecule has 0 aromatic heterocycles. The fourth-order valence-electron chi connectivity index (χ4n) is 2.14. The summed E-state index contributed by atoms with van der Waals surface area (Å²) in [6.45, 7) is 0. The molecular formula is C16H16F4N2OS. The van der Waals surface area contributed by atoms with Crippen LogP contribution < -0.4 is 10.6 Å². The van der Waals surface area contributed by atoms with E-state index in [-0.39, 0.29) is 31.2 Å². The third kappa shape index (κ3) is 4.72. The number of rotatable bonds is 4. The molecule has 0 aliphatic heterocycles. The van der Waals surface area contributed by atoms with Gasteiger partial charge in [-0.1, -0.05) is 0 Å². The van der Waals surface area contributed by atoms with Gasteiger partial charge < -0.3 is 10.6 Å². The van der Waals surface area contributed by atoms with E-state index in [1.165, 1.54) is 13.1 Å². The normalized spacial score (nSPS) is 11.6. The van der Waals surface area contributed by atoms with Crippen molar-refractivity contribution in [3.05, 3.63) is 65.2 Å². The summed E-state index contributed by atoms with van der Waals surface area (Å²) in [5.74, 6) is -4.26. The lowest BCUT2D eigenvalue weighted by Gasteiger charge is -2.21. The van der Waals surface area contributed by atoms with Crippen LogP contribution in [0.5, 0.6) is 0 Å². The zero-order chi connectivity index (χ0) is 17.1. The second-order valence-electron chi connectivity index (χ2n) is 5.08. The van der Waals surface area contributed by atoms with Gasteiger partial charge in [0, 0.05) is 24.9 Å². The minimum Gasteiger partial charge on any atom is -0.320 e. The van der Waals surface area contributed by atoms with Gasteiger partial charge in [0.1, 0.15) is 11.6 Å². The lowest BCUT2D eigenvalue weighted by Crippen LogP contribution is -2.43. The number of nitrogens with two attached hydrogens (primary N) is 1. The Hall–Kier alpha value is -2.06. The molecule has 0 saturated carbocycles. The highest BCUT2D eigenvalue weighted by Gasteiger charge is 2.21. The van der Waals surface area contributed by atoms with Crippen LogP contribution in [0.1, 0.15) is 5.56 Å². The van der Waals surface area contributed by atoms with E-state index in [1.807, 2.05) is 0 Å². The minimum atomic E-state index is -1.09. The largest absolute Gasteiger partial charge is 0.320 e. The van der Waals surface area contributed by atoms with Crippen molar-refractivity contribution >= 4 is 25.1 Å². The lowest BCUT2D eigenvalue weighted by molar-refractivity contribution is -0.119. The Balaban J connectivity index is 0.00000288. The van der Waals surface area contributed by atoms with Crippen LogP contribution >= 0.6 is 13.5 Å². The Labute approximate surface area is 143 Å². The molecule has 2 N–H and O–H groups in total. The van der Waals surface area contributed by atoms with Gasteiger partial charge in [0.25, 0.3) is 0 Å². The molecule has 0 heterocycles. The van der Waals surface area contributed by atoms with Gasteiger partial charge in [-0.05, 0) is 36.2 Å². The number of hydrogen-bond donors (Lipinski definition) is 1. The number of likely N-dealkylation sites (N-methyl/N-ethyl adjacent to an activating group) is 1. The van der Waals surface area contributed by atoms with Gasteiger partial charge in [-0.3, -0.25) is 4.79 Å². The third-order valence-corrected chi connectivity index (χ3v) is 3.32. The van der Waals surface area contributed by atoms with Crippen LogP contribution in [0.25, 0.3) is 0 Å². The average molecular weight is 360 g/mol. The zero-order valence-electron chi connectivity index (χ0n) is 12.7. The maximum atomic E-state index is 13.2. The Morgan fingerprint density at radius 2 is 1.62 bits per heavy atom. The van der Waals surface area contributed by atoms with Crippen LogP contribution in [0.15, 0.2) is 36.4 Å². The van der Waals surface area contributed by atoms with E-state index in [2.05, 4.69) is 0 Å². The second-order valence-corrected chi connectivity index (χ2v) is 5.08. The molecule has 0 spiro atoms. The van der Waals surface area contributed by atoms with Gasteiger partial charge in [0.15, 0.2) is 11.6 Å². The van der Waals surface area contributed by atoms with E-state index >= 15 is 0 Å². The zero-order valence-corrected chi connectivity index (χ0v) is 13.7. The number of hydrogen-bond acceptors (Lipinski definition) is 2. The average Bonchev–Trinajstić information content (AvgIpc) is 2.47. The molecule has 8 heteroatoms. The van der Waals surface area contributed by atoms with E-state index < -0.39 is 35.2 Å². The molecule has 130 valence electrons. The Morgan fingerprint density at radius 1 is 1.04 bits per heavy atom. The molecule has 1 atom stereocenters. The summed E-state index contributed by atoms with van der Waals surface area (Å²) < 4.78 is 52.4. The number of anilines is 1. The van der Waals surface area contributed by atoms with Gasteiger partial charge in [-0.15, -0.1) is 0 Å². The molecule has 0 bridgehead atoms. The van der Waals surface area contributed by atoms with E-state index in [1.54, 1.807) is 0 Å². The third-order valence-electron chi connectivity index (χ3n) is 3.32. The van der Waals surface area contributed by atoms with Gasteiger partial charge in [-0.2, -0.15) is 13.5 Å². The number of carbonyl (C=O) groups is 1. The predicted molar refractivity (Wildman–Crippen MR) is 88.2 cm³/mol. The first-order valence-corrected chi connectivity index (χ1v) is 6.71. The number of nitrogens with zero attached hydrogens (tertiary/aromatic N) is 1. The first-order valence-electron chi connectivity index (χ1n) is 6.71. The molecule has 0 fully saturated rings. The van der Waals surface area contributed by atoms with Gasteiger partial charge in [-0.25, -0.2) is 17.6 Å². The first-order chi connectivity index (χ1) is 10.8. The fourth-order valence-corrected chi connectivity index (χ4v) is 2.14. The van der Waals surface area contributed by atoms with Crippen molar-refractivity contribution in [2.24, 2.45) is 5.73 Å². The first kappa shape index (κ1) is 20.0. The highest BCUT2D eigenvalue weighted by atomic mass is 32.1. The molecule has 24 heavy (non-hydrogen) atoms. The Bertz CT molecular complexity index is 722. The van der Waals surface area contributed by atoms with E-state index in [0.717, 1.165) is 29.2 Å². The quantitative estimate of drug-likeness (QED) is 0.853. The van der Waals surface area contributed by atoms with Crippen molar-refractivity contribution < 1.29 is 22.4 Å². The maximum absolute atomic E-state index is 13.2. The van der Waals surface area contributed by atoms with E-state index in [4.69, 9.17) is 5.73 Å². The SMILES string of the molecule is CN(C(=O)[C@@H](N)Cc1cc(F)cc(F)c1)c1ccc(F)c(F)c1.S. The smallest absolute Gasteiger partial charge is 0.243 e. The summed E-state index contributed by atoms with van der Waals surface area (Å²) in [6, 6.07) is 4.76. The standard InChI is InChI=1S/C16H14F4N2O.H2S/c1-22(12-2-3-13(19)14(20)8-12)16(23)15(21)6-9-4-10(17)7-11(18)5-9;/h2-5,7-8,15H,6,21H2,1H3;1H2/t15-;/m0./s1. The monoisotopic (exact) mass is 360 g/mol. The minimum absolute atomic E-state index is 0. The number of halogens is 4. The van der Waals surface area contributed by atoms with Crippen molar-refractivity contribution in [1.82, 2.24) is 0 Å². The summed E-state index contributed by atoms with van der Waals surface area (Å²) >= 11 is 0. The molecule has 0 aliphatic rings. The van der Waals surface area contributed by atoms with Crippen molar-refractivity contribution in [2.75, 3.05) is 11.9 Å². The van der Waals surface area contributed by atoms with Crippen LogP contribution in [-0.2, 0) is 11.2 Å². The summed E-state index contributed by atoms with van der Waals surface area (Å²) in [4.78, 5) is 13.3. The summed E-state index contributed by atoms with van der Waals surface area (Å²) in [5.41, 5.74) is 6.10. The molecule has 2 rings (SSSR count). The Morgan fingerprint density at radius 3 is 2.17 bits per heavy atom. The van der Waals surface area contributed by atoms with Crippen LogP contribution in [0.3, 0.4) is 0 Å². The summed E-state index contributed by atoms with van der Waals surface area (Å²) in [7, 11) is 1.35. The maximum Gasteiger partial charge on any atom is 0.243 e. The van der Waals surface area contributed by atoms with E-state index in [0.29, 0.717) is 6.07 Å². The Kier molecular flexibility index (Phi) is 6.80. The molecule has 0 aliphatic carbocycles. The molecular weight excluding hydrogens is 344 g/mol. The predicted octanol–water partition coefficient (Wildman–Crippen LogP) is 2.89. The van der Waals surface area contributed by atoms with Crippen LogP contribution in [0, 0.1) is 23.3 Å². The summed E-state index contributed by atoms with van der Waals surface area (Å²) in [5, 5.41) is 0. The highest BCUT2D eigenvalue weighted by Crippen LogP contribution is 2.18. The second kappa shape index (κ2) is 8.16. The van der Waals surface area contributed by atoms with Crippen molar-refractivity contribution in [1.29, 1.82) is 0 Å². The topological polar surface area (TPSA) is 46.3 Å². The van der Waals surface area contributed by atoms with Crippen LogP contribution in [0.2, 0.25) is 0 Å². The molecule has 2 aromatic rings. The van der Waals surface area contributed by atoms with Gasteiger partial charge >= 0.3 is 0 Å². The van der Waals surface area contributed by atoms with Crippen molar-refractivity contribution in [3.8, 4) is 0 Å². The van der Waals surface area contributed by atoms with Crippen LogP contribution in [0.4, 0.5) is 23.2 Å². The fraction of sp³-hybridized carbons (Fsp3) is 0.188. The van der Waals surface area contributed by atoms with Crippen molar-refractivity contribution in [2.45, 2.75) is 12.5 Å². The lowest BCUT2D eigenvalue weighted by atomic mass is 10.0. The molecule has 1 amide bonds.